The molecule has 2 atom stereocenters. The molecule has 0 aromatic rings. The van der Waals surface area contributed by atoms with Crippen molar-refractivity contribution in [2.45, 2.75) is 45.8 Å². The minimum absolute atomic E-state index is 0.0689. The summed E-state index contributed by atoms with van der Waals surface area (Å²) in [4.78, 5) is 13.9. The molecule has 16 heavy (non-hydrogen) atoms. The fraction of sp³-hybridized carbons (Fsp3) is 0.917. The van der Waals surface area contributed by atoms with E-state index in [-0.39, 0.29) is 24.0 Å². The summed E-state index contributed by atoms with van der Waals surface area (Å²) in [6, 6.07) is -0.375. The van der Waals surface area contributed by atoms with Crippen molar-refractivity contribution in [1.82, 2.24) is 4.90 Å². The van der Waals surface area contributed by atoms with Gasteiger partial charge in [0.05, 0.1) is 18.8 Å². The van der Waals surface area contributed by atoms with E-state index in [0.29, 0.717) is 19.7 Å². The van der Waals surface area contributed by atoms with Crippen molar-refractivity contribution >= 4 is 5.91 Å². The zero-order valence-corrected chi connectivity index (χ0v) is 10.6. The van der Waals surface area contributed by atoms with E-state index in [9.17, 15) is 4.79 Å². The summed E-state index contributed by atoms with van der Waals surface area (Å²) in [7, 11) is 0. The number of amides is 1. The number of ether oxygens (including phenoxy) is 1. The molecular weight excluding hydrogens is 204 g/mol. The van der Waals surface area contributed by atoms with Crippen LogP contribution in [0.3, 0.4) is 0 Å². The fourth-order valence-corrected chi connectivity index (χ4v) is 1.91. The van der Waals surface area contributed by atoms with Crippen molar-refractivity contribution in [3.05, 3.63) is 0 Å². The summed E-state index contributed by atoms with van der Waals surface area (Å²) in [5.74, 6) is 0.263. The molecule has 1 rings (SSSR count). The van der Waals surface area contributed by atoms with E-state index in [1.807, 2.05) is 18.7 Å². The van der Waals surface area contributed by atoms with Crippen LogP contribution in [0.15, 0.2) is 0 Å². The predicted molar refractivity (Wildman–Crippen MR) is 64.0 cm³/mol. The Balaban J connectivity index is 2.49. The van der Waals surface area contributed by atoms with Gasteiger partial charge in [-0.2, -0.15) is 0 Å². The zero-order chi connectivity index (χ0) is 12.1. The van der Waals surface area contributed by atoms with Gasteiger partial charge >= 0.3 is 0 Å². The van der Waals surface area contributed by atoms with Gasteiger partial charge in [0, 0.05) is 13.1 Å². The summed E-state index contributed by atoms with van der Waals surface area (Å²) in [5, 5.41) is 0. The van der Waals surface area contributed by atoms with Crippen LogP contribution in [0, 0.1) is 5.92 Å². The lowest BCUT2D eigenvalue weighted by Gasteiger charge is -2.35. The molecular formula is C12H24N2O2. The maximum atomic E-state index is 12.0. The number of carbonyl (C=O) groups excluding carboxylic acids is 1. The fourth-order valence-electron chi connectivity index (χ4n) is 1.91. The van der Waals surface area contributed by atoms with Crippen LogP contribution in [0.1, 0.15) is 33.6 Å². The van der Waals surface area contributed by atoms with Crippen molar-refractivity contribution in [3.63, 3.8) is 0 Å². The van der Waals surface area contributed by atoms with E-state index in [0.717, 1.165) is 12.8 Å². The smallest absolute Gasteiger partial charge is 0.239 e. The average Bonchev–Trinajstić information content (AvgIpc) is 2.28. The molecule has 4 heteroatoms. The summed E-state index contributed by atoms with van der Waals surface area (Å²) < 4.78 is 5.60. The first-order valence-electron chi connectivity index (χ1n) is 6.22. The molecule has 2 N–H and O–H groups in total. The highest BCUT2D eigenvalue weighted by molar-refractivity contribution is 5.82. The second-order valence-electron chi connectivity index (χ2n) is 4.84. The Kier molecular flexibility index (Phi) is 5.22. The van der Waals surface area contributed by atoms with Gasteiger partial charge in [0.25, 0.3) is 0 Å². The number of nitrogens with two attached hydrogens (primary N) is 1. The molecule has 1 heterocycles. The third-order valence-corrected chi connectivity index (χ3v) is 3.06. The van der Waals surface area contributed by atoms with Gasteiger partial charge in [0.1, 0.15) is 0 Å². The highest BCUT2D eigenvalue weighted by Crippen LogP contribution is 2.12. The van der Waals surface area contributed by atoms with E-state index in [1.54, 1.807) is 0 Å². The minimum atomic E-state index is -0.375. The Morgan fingerprint density at radius 1 is 1.56 bits per heavy atom. The molecule has 0 saturated carbocycles. The third kappa shape index (κ3) is 3.46. The lowest BCUT2D eigenvalue weighted by atomic mass is 10.0. The number of morpholine rings is 1. The number of hydrogen-bond donors (Lipinski definition) is 1. The van der Waals surface area contributed by atoms with E-state index in [1.165, 1.54) is 0 Å². The summed E-state index contributed by atoms with van der Waals surface area (Å²) in [5.41, 5.74) is 5.88. The maximum absolute atomic E-state index is 12.0. The quantitative estimate of drug-likeness (QED) is 0.781. The normalized spacial score (nSPS) is 23.6. The highest BCUT2D eigenvalue weighted by Gasteiger charge is 2.28. The molecule has 1 amide bonds. The Hall–Kier alpha value is -0.610. The monoisotopic (exact) mass is 228 g/mol. The Bertz CT molecular complexity index is 229. The van der Waals surface area contributed by atoms with Crippen molar-refractivity contribution < 1.29 is 9.53 Å². The van der Waals surface area contributed by atoms with Crippen LogP contribution in [-0.4, -0.2) is 42.6 Å². The highest BCUT2D eigenvalue weighted by atomic mass is 16.5. The first-order valence-corrected chi connectivity index (χ1v) is 6.22. The predicted octanol–water partition coefficient (Wildman–Crippen LogP) is 0.997. The Morgan fingerprint density at radius 2 is 2.25 bits per heavy atom. The van der Waals surface area contributed by atoms with Crippen LogP contribution in [-0.2, 0) is 9.53 Å². The van der Waals surface area contributed by atoms with Gasteiger partial charge in [-0.25, -0.2) is 0 Å². The van der Waals surface area contributed by atoms with Crippen LogP contribution >= 0.6 is 0 Å². The van der Waals surface area contributed by atoms with E-state index in [2.05, 4.69) is 6.92 Å². The van der Waals surface area contributed by atoms with Crippen molar-refractivity contribution in [2.75, 3.05) is 19.7 Å². The maximum Gasteiger partial charge on any atom is 0.239 e. The van der Waals surface area contributed by atoms with Gasteiger partial charge in [0.2, 0.25) is 5.91 Å². The van der Waals surface area contributed by atoms with Crippen molar-refractivity contribution in [2.24, 2.45) is 11.7 Å². The summed E-state index contributed by atoms with van der Waals surface area (Å²) in [6.45, 7) is 8.11. The molecule has 1 unspecified atom stereocenters. The summed E-state index contributed by atoms with van der Waals surface area (Å²) >= 11 is 0. The van der Waals surface area contributed by atoms with Gasteiger partial charge < -0.3 is 15.4 Å². The molecule has 0 bridgehead atoms. The van der Waals surface area contributed by atoms with Gasteiger partial charge in [-0.3, -0.25) is 4.79 Å². The van der Waals surface area contributed by atoms with Gasteiger partial charge in [0.15, 0.2) is 0 Å². The molecule has 0 radical (unpaired) electrons. The average molecular weight is 228 g/mol. The first-order chi connectivity index (χ1) is 7.56. The molecule has 1 aliphatic heterocycles. The van der Waals surface area contributed by atoms with Crippen molar-refractivity contribution in [1.29, 1.82) is 0 Å². The molecule has 0 aliphatic carbocycles. The molecule has 1 aliphatic rings. The number of carbonyl (C=O) groups is 1. The Labute approximate surface area is 98.1 Å². The lowest BCUT2D eigenvalue weighted by molar-refractivity contribution is -0.141. The third-order valence-electron chi connectivity index (χ3n) is 3.06. The second kappa shape index (κ2) is 6.21. The van der Waals surface area contributed by atoms with Gasteiger partial charge in [-0.1, -0.05) is 27.2 Å². The first kappa shape index (κ1) is 13.5. The van der Waals surface area contributed by atoms with Crippen LogP contribution in [0.5, 0.6) is 0 Å². The van der Waals surface area contributed by atoms with Gasteiger partial charge in [-0.05, 0) is 12.3 Å². The van der Waals surface area contributed by atoms with Crippen LogP contribution in [0.2, 0.25) is 0 Å². The minimum Gasteiger partial charge on any atom is -0.375 e. The topological polar surface area (TPSA) is 55.6 Å². The molecule has 4 nitrogen and oxygen atoms in total. The van der Waals surface area contributed by atoms with Crippen molar-refractivity contribution in [3.8, 4) is 0 Å². The zero-order valence-electron chi connectivity index (χ0n) is 10.6. The van der Waals surface area contributed by atoms with Crippen LogP contribution < -0.4 is 5.73 Å². The molecule has 1 saturated heterocycles. The lowest BCUT2D eigenvalue weighted by Crippen LogP contribution is -2.52. The van der Waals surface area contributed by atoms with Crippen LogP contribution in [0.4, 0.5) is 0 Å². The molecule has 0 spiro atoms. The molecule has 1 fully saturated rings. The second-order valence-corrected chi connectivity index (χ2v) is 4.84. The van der Waals surface area contributed by atoms with Gasteiger partial charge in [-0.15, -0.1) is 0 Å². The van der Waals surface area contributed by atoms with E-state index < -0.39 is 0 Å². The number of nitrogens with zero attached hydrogens (tertiary/aromatic N) is 1. The number of rotatable bonds is 4. The van der Waals surface area contributed by atoms with E-state index in [4.69, 9.17) is 10.5 Å². The Morgan fingerprint density at radius 3 is 2.81 bits per heavy atom. The standard InChI is InChI=1S/C12H24N2O2/c1-4-5-10-8-14(6-7-16-10)12(15)11(13)9(2)3/h9-11H,4-8,13H2,1-3H3/t10?,11-/m0/s1. The SMILES string of the molecule is CCCC1CN(C(=O)[C@@H](N)C(C)C)CCO1. The molecule has 0 aromatic heterocycles. The molecule has 94 valence electrons. The largest absolute Gasteiger partial charge is 0.375 e. The van der Waals surface area contributed by atoms with E-state index >= 15 is 0 Å². The summed E-state index contributed by atoms with van der Waals surface area (Å²) in [6.07, 6.45) is 2.30. The van der Waals surface area contributed by atoms with Crippen LogP contribution in [0.25, 0.3) is 0 Å². The number of hydrogen-bond acceptors (Lipinski definition) is 3. The molecule has 0 aromatic carbocycles.